The summed E-state index contributed by atoms with van der Waals surface area (Å²) in [7, 11) is 1.60. The Morgan fingerprint density at radius 1 is 1.32 bits per heavy atom. The summed E-state index contributed by atoms with van der Waals surface area (Å²) in [6, 6.07) is 0.510. The third kappa shape index (κ3) is 3.09. The molecular weight excluding hydrogens is 322 g/mol. The molecule has 3 fully saturated rings. The summed E-state index contributed by atoms with van der Waals surface area (Å²) in [5.74, 6) is 0.558. The van der Waals surface area contributed by atoms with Crippen LogP contribution in [0.4, 0.5) is 0 Å². The van der Waals surface area contributed by atoms with Crippen molar-refractivity contribution in [3.05, 3.63) is 17.0 Å². The number of methoxy groups -OCH3 is 1. The number of piperidine rings is 1. The number of likely N-dealkylation sites (tertiary alicyclic amines) is 2. The maximum absolute atomic E-state index is 12.7. The molecule has 1 unspecified atom stereocenters. The van der Waals surface area contributed by atoms with Crippen molar-refractivity contribution in [3.63, 3.8) is 0 Å². The fraction of sp³-hybridized carbons (Fsp3) is 0.778. The topological polar surface area (TPSA) is 68.0 Å². The number of rotatable bonds is 4. The van der Waals surface area contributed by atoms with E-state index in [-0.39, 0.29) is 11.5 Å². The van der Waals surface area contributed by atoms with Crippen LogP contribution in [0.2, 0.25) is 0 Å². The lowest BCUT2D eigenvalue weighted by Crippen LogP contribution is -2.63. The van der Waals surface area contributed by atoms with E-state index >= 15 is 0 Å². The van der Waals surface area contributed by atoms with Gasteiger partial charge in [-0.25, -0.2) is 0 Å². The summed E-state index contributed by atoms with van der Waals surface area (Å²) in [5.41, 5.74) is 0.963. The molecule has 0 aromatic carbocycles. The first-order valence-electron chi connectivity index (χ1n) is 9.23. The van der Waals surface area contributed by atoms with E-state index in [4.69, 9.17) is 14.0 Å². The molecule has 0 bridgehead atoms. The summed E-state index contributed by atoms with van der Waals surface area (Å²) in [6.45, 7) is 6.60. The van der Waals surface area contributed by atoms with Crippen molar-refractivity contribution >= 4 is 5.91 Å². The molecule has 0 radical (unpaired) electrons. The molecule has 1 atom stereocenters. The second-order valence-electron chi connectivity index (χ2n) is 7.61. The second kappa shape index (κ2) is 6.70. The highest BCUT2D eigenvalue weighted by Crippen LogP contribution is 2.38. The lowest BCUT2D eigenvalue weighted by molar-refractivity contribution is -0.0953. The number of hydrogen-bond acceptors (Lipinski definition) is 6. The Kier molecular flexibility index (Phi) is 4.56. The first kappa shape index (κ1) is 17.0. The van der Waals surface area contributed by atoms with Crippen LogP contribution in [0, 0.1) is 6.92 Å². The quantitative estimate of drug-likeness (QED) is 0.822. The summed E-state index contributed by atoms with van der Waals surface area (Å²) in [6.07, 6.45) is 4.96. The summed E-state index contributed by atoms with van der Waals surface area (Å²) >= 11 is 0. The molecule has 4 rings (SSSR count). The van der Waals surface area contributed by atoms with Crippen molar-refractivity contribution in [1.82, 2.24) is 15.0 Å². The molecular formula is C18H27N3O4. The van der Waals surface area contributed by atoms with Gasteiger partial charge in [0, 0.05) is 13.2 Å². The highest BCUT2D eigenvalue weighted by Gasteiger charge is 2.52. The van der Waals surface area contributed by atoms with Gasteiger partial charge in [0.2, 0.25) is 0 Å². The molecule has 7 heteroatoms. The number of hydrogen-bond donors (Lipinski definition) is 0. The van der Waals surface area contributed by atoms with Gasteiger partial charge in [-0.1, -0.05) is 11.6 Å². The SMILES string of the molecule is COCc1c(C(=O)N2CC3(CC(N4CCCCC4)CO3)C2)noc1C. The van der Waals surface area contributed by atoms with Crippen molar-refractivity contribution in [2.45, 2.75) is 50.9 Å². The predicted molar refractivity (Wildman–Crippen MR) is 90.4 cm³/mol. The molecule has 0 aliphatic carbocycles. The Morgan fingerprint density at radius 3 is 2.80 bits per heavy atom. The molecule has 3 saturated heterocycles. The molecule has 4 heterocycles. The minimum absolute atomic E-state index is 0.0838. The number of aryl methyl sites for hydroxylation is 1. The fourth-order valence-electron chi connectivity index (χ4n) is 4.37. The van der Waals surface area contributed by atoms with Crippen LogP contribution < -0.4 is 0 Å². The molecule has 1 aromatic rings. The Labute approximate surface area is 148 Å². The Morgan fingerprint density at radius 2 is 2.08 bits per heavy atom. The molecule has 138 valence electrons. The van der Waals surface area contributed by atoms with Crippen LogP contribution >= 0.6 is 0 Å². The molecule has 3 aliphatic heterocycles. The molecule has 0 saturated carbocycles. The number of amides is 1. The third-order valence-electron chi connectivity index (χ3n) is 5.82. The number of nitrogens with zero attached hydrogens (tertiary/aromatic N) is 3. The van der Waals surface area contributed by atoms with Crippen molar-refractivity contribution in [1.29, 1.82) is 0 Å². The fourth-order valence-corrected chi connectivity index (χ4v) is 4.37. The Bertz CT molecular complexity index is 632. The number of carbonyl (C=O) groups is 1. The van der Waals surface area contributed by atoms with Gasteiger partial charge in [0.15, 0.2) is 5.69 Å². The average Bonchev–Trinajstić information content (AvgIpc) is 3.20. The van der Waals surface area contributed by atoms with Crippen LogP contribution in [0.25, 0.3) is 0 Å². The minimum atomic E-state index is -0.155. The smallest absolute Gasteiger partial charge is 0.276 e. The van der Waals surface area contributed by atoms with Gasteiger partial charge in [-0.15, -0.1) is 0 Å². The highest BCUT2D eigenvalue weighted by atomic mass is 16.5. The third-order valence-corrected chi connectivity index (χ3v) is 5.82. The molecule has 25 heavy (non-hydrogen) atoms. The van der Waals surface area contributed by atoms with E-state index in [9.17, 15) is 4.79 Å². The van der Waals surface area contributed by atoms with Gasteiger partial charge >= 0.3 is 0 Å². The van der Waals surface area contributed by atoms with Gasteiger partial charge in [-0.2, -0.15) is 0 Å². The van der Waals surface area contributed by atoms with E-state index in [2.05, 4.69) is 10.1 Å². The zero-order chi connectivity index (χ0) is 17.4. The van der Waals surface area contributed by atoms with Crippen molar-refractivity contribution in [2.75, 3.05) is 39.9 Å². The predicted octanol–water partition coefficient (Wildman–Crippen LogP) is 1.60. The first-order valence-corrected chi connectivity index (χ1v) is 9.23. The highest BCUT2D eigenvalue weighted by molar-refractivity contribution is 5.94. The van der Waals surface area contributed by atoms with Gasteiger partial charge in [0.1, 0.15) is 11.4 Å². The average molecular weight is 349 g/mol. The summed E-state index contributed by atoms with van der Waals surface area (Å²) < 4.78 is 16.5. The molecule has 1 aromatic heterocycles. The van der Waals surface area contributed by atoms with Gasteiger partial charge < -0.3 is 18.9 Å². The number of ether oxygens (including phenoxy) is 2. The van der Waals surface area contributed by atoms with Crippen LogP contribution in [0.15, 0.2) is 4.52 Å². The Hall–Kier alpha value is -1.44. The van der Waals surface area contributed by atoms with E-state index in [1.807, 2.05) is 4.90 Å². The standard InChI is InChI=1S/C18H27N3O4/c1-13-15(10-23-2)16(19-25-13)17(22)21-11-18(12-21)8-14(9-24-18)20-6-4-3-5-7-20/h14H,3-12H2,1-2H3. The van der Waals surface area contributed by atoms with Crippen LogP contribution in [-0.4, -0.2) is 72.4 Å². The largest absolute Gasteiger partial charge is 0.380 e. The zero-order valence-corrected chi connectivity index (χ0v) is 15.1. The van der Waals surface area contributed by atoms with Crippen LogP contribution in [-0.2, 0) is 16.1 Å². The van der Waals surface area contributed by atoms with E-state index in [1.165, 1.54) is 32.4 Å². The van der Waals surface area contributed by atoms with E-state index in [0.29, 0.717) is 37.2 Å². The van der Waals surface area contributed by atoms with Crippen molar-refractivity contribution in [3.8, 4) is 0 Å². The van der Waals surface area contributed by atoms with Gasteiger partial charge in [-0.05, 0) is 39.3 Å². The van der Waals surface area contributed by atoms with Crippen LogP contribution in [0.1, 0.15) is 47.5 Å². The number of aromatic nitrogens is 1. The van der Waals surface area contributed by atoms with Crippen LogP contribution in [0.3, 0.4) is 0 Å². The van der Waals surface area contributed by atoms with Gasteiger partial charge in [0.25, 0.3) is 5.91 Å². The molecule has 3 aliphatic rings. The zero-order valence-electron chi connectivity index (χ0n) is 15.1. The first-order chi connectivity index (χ1) is 12.1. The van der Waals surface area contributed by atoms with Gasteiger partial charge in [-0.3, -0.25) is 9.69 Å². The van der Waals surface area contributed by atoms with E-state index in [1.54, 1.807) is 14.0 Å². The van der Waals surface area contributed by atoms with Crippen molar-refractivity contribution in [2.24, 2.45) is 0 Å². The lowest BCUT2D eigenvalue weighted by atomic mass is 9.88. The molecule has 1 amide bonds. The normalized spacial score (nSPS) is 26.2. The second-order valence-corrected chi connectivity index (χ2v) is 7.61. The summed E-state index contributed by atoms with van der Waals surface area (Å²) in [5, 5.41) is 3.95. The summed E-state index contributed by atoms with van der Waals surface area (Å²) in [4.78, 5) is 17.1. The monoisotopic (exact) mass is 349 g/mol. The van der Waals surface area contributed by atoms with E-state index in [0.717, 1.165) is 18.6 Å². The minimum Gasteiger partial charge on any atom is -0.380 e. The van der Waals surface area contributed by atoms with Gasteiger partial charge in [0.05, 0.1) is 31.9 Å². The van der Waals surface area contributed by atoms with E-state index < -0.39 is 0 Å². The molecule has 7 nitrogen and oxygen atoms in total. The molecule has 1 spiro atoms. The molecule has 0 N–H and O–H groups in total. The maximum Gasteiger partial charge on any atom is 0.276 e. The van der Waals surface area contributed by atoms with Crippen molar-refractivity contribution < 1.29 is 18.8 Å². The van der Waals surface area contributed by atoms with Crippen LogP contribution in [0.5, 0.6) is 0 Å². The number of carbonyl (C=O) groups excluding carboxylic acids is 1. The maximum atomic E-state index is 12.7. The lowest BCUT2D eigenvalue weighted by Gasteiger charge is -2.47. The Balaban J connectivity index is 1.36.